The third-order valence-electron chi connectivity index (χ3n) is 2.13. The molecule has 0 radical (unpaired) electrons. The lowest BCUT2D eigenvalue weighted by atomic mass is 10.1. The number of morpholine rings is 1. The summed E-state index contributed by atoms with van der Waals surface area (Å²) < 4.78 is 6.35. The summed E-state index contributed by atoms with van der Waals surface area (Å²) in [5, 5.41) is 2.89. The van der Waals surface area contributed by atoms with E-state index >= 15 is 0 Å². The monoisotopic (exact) mass is 303 g/mol. The molecule has 0 bridgehead atoms. The van der Waals surface area contributed by atoms with Gasteiger partial charge < -0.3 is 10.1 Å². The van der Waals surface area contributed by atoms with Crippen LogP contribution in [0.3, 0.4) is 0 Å². The summed E-state index contributed by atoms with van der Waals surface area (Å²) in [5.41, 5.74) is 1.10. The summed E-state index contributed by atoms with van der Waals surface area (Å²) in [7, 11) is 0. The second-order valence-corrected chi connectivity index (χ2v) is 4.43. The minimum absolute atomic E-state index is 0.00764. The quantitative estimate of drug-likeness (QED) is 0.798. The van der Waals surface area contributed by atoms with E-state index in [4.69, 9.17) is 4.74 Å². The molecule has 14 heavy (non-hydrogen) atoms. The molecule has 1 heterocycles. The Balaban J connectivity index is 2.14. The van der Waals surface area contributed by atoms with Gasteiger partial charge in [0.05, 0.1) is 12.6 Å². The molecule has 0 spiro atoms. The van der Waals surface area contributed by atoms with Crippen LogP contribution < -0.4 is 5.32 Å². The first-order valence-electron chi connectivity index (χ1n) is 4.38. The van der Waals surface area contributed by atoms with Crippen molar-refractivity contribution in [2.24, 2.45) is 0 Å². The van der Waals surface area contributed by atoms with Gasteiger partial charge in [0.1, 0.15) is 6.61 Å². The van der Waals surface area contributed by atoms with Gasteiger partial charge in [0, 0.05) is 3.57 Å². The van der Waals surface area contributed by atoms with Crippen molar-refractivity contribution in [3.63, 3.8) is 0 Å². The van der Waals surface area contributed by atoms with Gasteiger partial charge in [0.15, 0.2) is 0 Å². The first-order valence-corrected chi connectivity index (χ1v) is 5.46. The Bertz CT molecular complexity index is 336. The van der Waals surface area contributed by atoms with Crippen LogP contribution in [0.2, 0.25) is 0 Å². The van der Waals surface area contributed by atoms with Crippen LogP contribution in [0.15, 0.2) is 24.3 Å². The number of ether oxygens (including phenoxy) is 1. The van der Waals surface area contributed by atoms with Gasteiger partial charge in [-0.3, -0.25) is 4.79 Å². The summed E-state index contributed by atoms with van der Waals surface area (Å²) in [6.45, 7) is 0.743. The third kappa shape index (κ3) is 2.24. The summed E-state index contributed by atoms with van der Waals surface area (Å²) in [4.78, 5) is 11.1. The average Bonchev–Trinajstić information content (AvgIpc) is 2.19. The highest BCUT2D eigenvalue weighted by Crippen LogP contribution is 2.17. The number of carbonyl (C=O) groups is 1. The highest BCUT2D eigenvalue weighted by molar-refractivity contribution is 14.1. The molecule has 1 aromatic rings. The van der Waals surface area contributed by atoms with Crippen molar-refractivity contribution >= 4 is 28.5 Å². The van der Waals surface area contributed by atoms with Crippen molar-refractivity contribution in [1.29, 1.82) is 0 Å². The van der Waals surface area contributed by atoms with E-state index in [1.807, 2.05) is 24.3 Å². The Morgan fingerprint density at radius 1 is 1.36 bits per heavy atom. The van der Waals surface area contributed by atoms with E-state index < -0.39 is 0 Å². The molecule has 1 amide bonds. The molecular formula is C10H10INO2. The Kier molecular flexibility index (Phi) is 3.02. The van der Waals surface area contributed by atoms with Crippen molar-refractivity contribution in [3.8, 4) is 0 Å². The SMILES string of the molecule is O=C1COC[C@@H](c2ccc(I)cc2)N1. The first kappa shape index (κ1) is 9.92. The maximum Gasteiger partial charge on any atom is 0.246 e. The molecule has 1 N–H and O–H groups in total. The summed E-state index contributed by atoms with van der Waals surface area (Å²) in [5.74, 6) is -0.0419. The van der Waals surface area contributed by atoms with E-state index in [0.717, 1.165) is 5.56 Å². The van der Waals surface area contributed by atoms with E-state index in [-0.39, 0.29) is 18.6 Å². The van der Waals surface area contributed by atoms with Crippen LogP contribution in [0.4, 0.5) is 0 Å². The van der Waals surface area contributed by atoms with E-state index in [2.05, 4.69) is 27.9 Å². The predicted octanol–water partition coefficient (Wildman–Crippen LogP) is 1.48. The Morgan fingerprint density at radius 3 is 2.71 bits per heavy atom. The number of amides is 1. The van der Waals surface area contributed by atoms with Gasteiger partial charge in [-0.25, -0.2) is 0 Å². The highest BCUT2D eigenvalue weighted by Gasteiger charge is 2.19. The molecule has 1 fully saturated rings. The van der Waals surface area contributed by atoms with E-state index in [1.54, 1.807) is 0 Å². The third-order valence-corrected chi connectivity index (χ3v) is 2.84. The molecule has 1 aliphatic heterocycles. The van der Waals surface area contributed by atoms with Gasteiger partial charge in [-0.2, -0.15) is 0 Å². The van der Waals surface area contributed by atoms with Crippen molar-refractivity contribution < 1.29 is 9.53 Å². The zero-order valence-corrected chi connectivity index (χ0v) is 9.65. The maximum absolute atomic E-state index is 11.1. The van der Waals surface area contributed by atoms with Crippen LogP contribution in [0, 0.1) is 3.57 Å². The fraction of sp³-hybridized carbons (Fsp3) is 0.300. The predicted molar refractivity (Wildman–Crippen MR) is 60.9 cm³/mol. The number of benzene rings is 1. The summed E-state index contributed by atoms with van der Waals surface area (Å²) in [6, 6.07) is 8.09. The fourth-order valence-electron chi connectivity index (χ4n) is 1.42. The molecule has 0 unspecified atom stereocenters. The number of carbonyl (C=O) groups excluding carboxylic acids is 1. The average molecular weight is 303 g/mol. The van der Waals surface area contributed by atoms with Crippen molar-refractivity contribution in [2.45, 2.75) is 6.04 Å². The van der Waals surface area contributed by atoms with Gasteiger partial charge in [0.25, 0.3) is 0 Å². The second-order valence-electron chi connectivity index (χ2n) is 3.19. The minimum Gasteiger partial charge on any atom is -0.369 e. The minimum atomic E-state index is -0.0419. The topological polar surface area (TPSA) is 38.3 Å². The molecule has 4 heteroatoms. The van der Waals surface area contributed by atoms with Crippen LogP contribution in [-0.4, -0.2) is 19.1 Å². The molecule has 1 aliphatic rings. The summed E-state index contributed by atoms with van der Waals surface area (Å²) in [6.07, 6.45) is 0. The van der Waals surface area contributed by atoms with Crippen molar-refractivity contribution in [2.75, 3.05) is 13.2 Å². The molecule has 0 aromatic heterocycles. The number of hydrogen-bond donors (Lipinski definition) is 1. The highest BCUT2D eigenvalue weighted by atomic mass is 127. The molecular weight excluding hydrogens is 293 g/mol. The van der Waals surface area contributed by atoms with E-state index in [1.165, 1.54) is 3.57 Å². The molecule has 2 rings (SSSR count). The van der Waals surface area contributed by atoms with Gasteiger partial charge in [-0.15, -0.1) is 0 Å². The lowest BCUT2D eigenvalue weighted by Crippen LogP contribution is -2.39. The largest absolute Gasteiger partial charge is 0.369 e. The van der Waals surface area contributed by atoms with Gasteiger partial charge in [-0.1, -0.05) is 12.1 Å². The summed E-state index contributed by atoms with van der Waals surface area (Å²) >= 11 is 2.25. The van der Waals surface area contributed by atoms with Gasteiger partial charge in [0.2, 0.25) is 5.91 Å². The number of rotatable bonds is 1. The molecule has 1 atom stereocenters. The lowest BCUT2D eigenvalue weighted by molar-refractivity contribution is -0.131. The van der Waals surface area contributed by atoms with Gasteiger partial charge >= 0.3 is 0 Å². The molecule has 0 saturated carbocycles. The zero-order chi connectivity index (χ0) is 9.97. The number of nitrogens with one attached hydrogen (secondary N) is 1. The Labute approximate surface area is 96.0 Å². The van der Waals surface area contributed by atoms with Crippen LogP contribution >= 0.6 is 22.6 Å². The van der Waals surface area contributed by atoms with Crippen molar-refractivity contribution in [3.05, 3.63) is 33.4 Å². The van der Waals surface area contributed by atoms with Crippen molar-refractivity contribution in [1.82, 2.24) is 5.32 Å². The molecule has 74 valence electrons. The van der Waals surface area contributed by atoms with Crippen LogP contribution in [-0.2, 0) is 9.53 Å². The Hall–Kier alpha value is -0.620. The van der Waals surface area contributed by atoms with Crippen LogP contribution in [0.25, 0.3) is 0 Å². The smallest absolute Gasteiger partial charge is 0.246 e. The molecule has 1 saturated heterocycles. The zero-order valence-electron chi connectivity index (χ0n) is 7.50. The van der Waals surface area contributed by atoms with Crippen LogP contribution in [0.5, 0.6) is 0 Å². The van der Waals surface area contributed by atoms with E-state index in [9.17, 15) is 4.79 Å². The standard InChI is InChI=1S/C10H10INO2/c11-8-3-1-7(2-4-8)9-5-14-6-10(13)12-9/h1-4,9H,5-6H2,(H,12,13)/t9-/m0/s1. The van der Waals surface area contributed by atoms with E-state index in [0.29, 0.717) is 6.61 Å². The maximum atomic E-state index is 11.1. The normalized spacial score (nSPS) is 21.8. The van der Waals surface area contributed by atoms with Crippen LogP contribution in [0.1, 0.15) is 11.6 Å². The van der Waals surface area contributed by atoms with Gasteiger partial charge in [-0.05, 0) is 40.3 Å². The molecule has 0 aliphatic carbocycles. The molecule has 1 aromatic carbocycles. The fourth-order valence-corrected chi connectivity index (χ4v) is 1.78. The number of halogens is 1. The second kappa shape index (κ2) is 4.27. The molecule has 3 nitrogen and oxygen atoms in total. The first-order chi connectivity index (χ1) is 6.75. The Morgan fingerprint density at radius 2 is 2.07 bits per heavy atom. The number of hydrogen-bond acceptors (Lipinski definition) is 2. The lowest BCUT2D eigenvalue weighted by Gasteiger charge is -2.23.